The Bertz CT molecular complexity index is 594. The average molecular weight is 350 g/mol. The van der Waals surface area contributed by atoms with E-state index in [0.29, 0.717) is 12.2 Å². The van der Waals surface area contributed by atoms with Gasteiger partial charge in [-0.15, -0.1) is 0 Å². The van der Waals surface area contributed by atoms with Crippen molar-refractivity contribution in [3.05, 3.63) is 52.9 Å². The maximum absolute atomic E-state index is 12.0. The molecule has 1 unspecified atom stereocenters. The van der Waals surface area contributed by atoms with Crippen molar-refractivity contribution >= 4 is 33.7 Å². The molecule has 0 bridgehead atoms. The summed E-state index contributed by atoms with van der Waals surface area (Å²) in [6.45, 7) is 1.94. The normalized spacial score (nSPS) is 12.3. The van der Waals surface area contributed by atoms with E-state index in [0.717, 1.165) is 10.2 Å². The molecule has 2 rings (SSSR count). The third-order valence-electron chi connectivity index (χ3n) is 2.82. The van der Waals surface area contributed by atoms with E-state index in [1.165, 1.54) is 6.21 Å². The Labute approximate surface area is 131 Å². The van der Waals surface area contributed by atoms with Gasteiger partial charge in [-0.25, -0.2) is 5.43 Å². The predicted octanol–water partition coefficient (Wildman–Crippen LogP) is 3.38. The number of nitrogens with one attached hydrogen (secondary N) is 2. The van der Waals surface area contributed by atoms with Crippen LogP contribution in [0.3, 0.4) is 0 Å². The Hall–Kier alpha value is -2.08. The molecule has 0 saturated carbocycles. The number of hydrogen-bond acceptors (Lipinski definition) is 4. The minimum atomic E-state index is -0.347. The predicted molar refractivity (Wildman–Crippen MR) is 86.3 cm³/mol. The molecular weight excluding hydrogens is 334 g/mol. The van der Waals surface area contributed by atoms with E-state index in [1.807, 2.05) is 31.2 Å². The molecule has 0 radical (unpaired) electrons. The van der Waals surface area contributed by atoms with Crippen LogP contribution in [0.5, 0.6) is 0 Å². The molecule has 6 heteroatoms. The molecule has 2 aromatic rings. The number of carbonyl (C=O) groups is 1. The van der Waals surface area contributed by atoms with Crippen molar-refractivity contribution in [3.63, 3.8) is 0 Å². The number of halogens is 1. The number of amides is 1. The first-order valence-corrected chi connectivity index (χ1v) is 7.37. The number of rotatable bonds is 6. The molecule has 1 heterocycles. The Balaban J connectivity index is 1.90. The number of furan rings is 1. The summed E-state index contributed by atoms with van der Waals surface area (Å²) < 4.78 is 6.08. The van der Waals surface area contributed by atoms with Gasteiger partial charge in [-0.1, -0.05) is 22.9 Å². The summed E-state index contributed by atoms with van der Waals surface area (Å²) in [4.78, 5) is 12.0. The van der Waals surface area contributed by atoms with Crippen molar-refractivity contribution in [2.45, 2.75) is 19.4 Å². The van der Waals surface area contributed by atoms with Gasteiger partial charge in [-0.2, -0.15) is 5.10 Å². The third-order valence-corrected chi connectivity index (χ3v) is 3.35. The van der Waals surface area contributed by atoms with Crippen LogP contribution in [0.15, 0.2) is 56.7 Å². The SMILES string of the molecule is CCC(Nc1ccc(Br)cc1)C(=O)N/N=C/c1ccco1. The zero-order valence-corrected chi connectivity index (χ0v) is 13.1. The lowest BCUT2D eigenvalue weighted by Crippen LogP contribution is -2.36. The quantitative estimate of drug-likeness (QED) is 0.620. The van der Waals surface area contributed by atoms with Gasteiger partial charge in [0.2, 0.25) is 0 Å². The molecule has 1 aromatic heterocycles. The number of benzene rings is 1. The zero-order chi connectivity index (χ0) is 15.1. The lowest BCUT2D eigenvalue weighted by atomic mass is 10.2. The van der Waals surface area contributed by atoms with Crippen molar-refractivity contribution in [2.24, 2.45) is 5.10 Å². The third kappa shape index (κ3) is 4.75. The van der Waals surface area contributed by atoms with E-state index in [-0.39, 0.29) is 11.9 Å². The van der Waals surface area contributed by atoms with Crippen LogP contribution in [0.4, 0.5) is 5.69 Å². The first-order valence-electron chi connectivity index (χ1n) is 6.57. The summed E-state index contributed by atoms with van der Waals surface area (Å²) in [5.41, 5.74) is 3.39. The topological polar surface area (TPSA) is 66.6 Å². The second-order valence-electron chi connectivity index (χ2n) is 4.36. The van der Waals surface area contributed by atoms with E-state index >= 15 is 0 Å². The second-order valence-corrected chi connectivity index (χ2v) is 5.28. The molecule has 0 spiro atoms. The summed E-state index contributed by atoms with van der Waals surface area (Å²) in [7, 11) is 0. The van der Waals surface area contributed by atoms with Gasteiger partial charge in [0.1, 0.15) is 11.8 Å². The fraction of sp³-hybridized carbons (Fsp3) is 0.200. The van der Waals surface area contributed by atoms with Crippen molar-refractivity contribution in [3.8, 4) is 0 Å². The molecule has 5 nitrogen and oxygen atoms in total. The number of anilines is 1. The lowest BCUT2D eigenvalue weighted by Gasteiger charge is -2.16. The van der Waals surface area contributed by atoms with Gasteiger partial charge in [0.05, 0.1) is 12.5 Å². The molecule has 110 valence electrons. The fourth-order valence-electron chi connectivity index (χ4n) is 1.70. The molecule has 0 aliphatic heterocycles. The summed E-state index contributed by atoms with van der Waals surface area (Å²) >= 11 is 3.38. The smallest absolute Gasteiger partial charge is 0.262 e. The van der Waals surface area contributed by atoms with Crippen molar-refractivity contribution in [1.82, 2.24) is 5.43 Å². The molecule has 1 amide bonds. The maximum Gasteiger partial charge on any atom is 0.262 e. The first-order chi connectivity index (χ1) is 10.2. The van der Waals surface area contributed by atoms with Crippen LogP contribution in [0.1, 0.15) is 19.1 Å². The number of hydrazone groups is 1. The molecule has 1 aromatic carbocycles. The van der Waals surface area contributed by atoms with Crippen molar-refractivity contribution in [2.75, 3.05) is 5.32 Å². The largest absolute Gasteiger partial charge is 0.463 e. The zero-order valence-electron chi connectivity index (χ0n) is 11.5. The van der Waals surface area contributed by atoms with Gasteiger partial charge in [-0.05, 0) is 42.8 Å². The van der Waals surface area contributed by atoms with Crippen LogP contribution in [0, 0.1) is 0 Å². The van der Waals surface area contributed by atoms with Crippen molar-refractivity contribution in [1.29, 1.82) is 0 Å². The van der Waals surface area contributed by atoms with Crippen LogP contribution in [-0.2, 0) is 4.79 Å². The molecule has 21 heavy (non-hydrogen) atoms. The molecule has 0 aliphatic carbocycles. The highest BCUT2D eigenvalue weighted by Crippen LogP contribution is 2.15. The van der Waals surface area contributed by atoms with E-state index in [2.05, 4.69) is 31.8 Å². The van der Waals surface area contributed by atoms with Crippen molar-refractivity contribution < 1.29 is 9.21 Å². The van der Waals surface area contributed by atoms with E-state index in [1.54, 1.807) is 18.4 Å². The Morgan fingerprint density at radius 3 is 2.76 bits per heavy atom. The minimum absolute atomic E-state index is 0.191. The van der Waals surface area contributed by atoms with Gasteiger partial charge in [0.15, 0.2) is 0 Å². The maximum atomic E-state index is 12.0. The Morgan fingerprint density at radius 1 is 1.38 bits per heavy atom. The molecule has 0 aliphatic rings. The van der Waals surface area contributed by atoms with Crippen LogP contribution < -0.4 is 10.7 Å². The van der Waals surface area contributed by atoms with Gasteiger partial charge in [-0.3, -0.25) is 4.79 Å². The van der Waals surface area contributed by atoms with Gasteiger partial charge in [0.25, 0.3) is 5.91 Å². The number of nitrogens with zero attached hydrogens (tertiary/aromatic N) is 1. The number of hydrogen-bond donors (Lipinski definition) is 2. The molecule has 2 N–H and O–H groups in total. The van der Waals surface area contributed by atoms with Crippen LogP contribution >= 0.6 is 15.9 Å². The molecule has 1 atom stereocenters. The van der Waals surface area contributed by atoms with Crippen LogP contribution in [0.25, 0.3) is 0 Å². The Kier molecular flexibility index (Phi) is 5.57. The average Bonchev–Trinajstić information content (AvgIpc) is 3.00. The fourth-order valence-corrected chi connectivity index (χ4v) is 1.97. The Morgan fingerprint density at radius 2 is 2.14 bits per heavy atom. The summed E-state index contributed by atoms with van der Waals surface area (Å²) in [5.74, 6) is 0.396. The second kappa shape index (κ2) is 7.64. The lowest BCUT2D eigenvalue weighted by molar-refractivity contribution is -0.121. The molecular formula is C15H16BrN3O2. The first kappa shape index (κ1) is 15.3. The monoisotopic (exact) mass is 349 g/mol. The summed E-state index contributed by atoms with van der Waals surface area (Å²) in [6.07, 6.45) is 3.66. The highest BCUT2D eigenvalue weighted by atomic mass is 79.9. The van der Waals surface area contributed by atoms with E-state index in [4.69, 9.17) is 4.42 Å². The van der Waals surface area contributed by atoms with Crippen LogP contribution in [0.2, 0.25) is 0 Å². The number of carbonyl (C=O) groups excluding carboxylic acids is 1. The van der Waals surface area contributed by atoms with Crippen LogP contribution in [-0.4, -0.2) is 18.2 Å². The highest BCUT2D eigenvalue weighted by molar-refractivity contribution is 9.10. The van der Waals surface area contributed by atoms with E-state index < -0.39 is 0 Å². The van der Waals surface area contributed by atoms with Gasteiger partial charge < -0.3 is 9.73 Å². The standard InChI is InChI=1S/C15H16BrN3O2/c1-2-14(18-12-7-5-11(16)6-8-12)15(20)19-17-10-13-4-3-9-21-13/h3-10,14,18H,2H2,1H3,(H,19,20)/b17-10+. The van der Waals surface area contributed by atoms with Gasteiger partial charge >= 0.3 is 0 Å². The molecule has 0 saturated heterocycles. The molecule has 0 fully saturated rings. The minimum Gasteiger partial charge on any atom is -0.463 e. The van der Waals surface area contributed by atoms with E-state index in [9.17, 15) is 4.79 Å². The summed E-state index contributed by atoms with van der Waals surface area (Å²) in [5, 5.41) is 7.04. The highest BCUT2D eigenvalue weighted by Gasteiger charge is 2.15. The van der Waals surface area contributed by atoms with Gasteiger partial charge in [0, 0.05) is 10.2 Å². The summed E-state index contributed by atoms with van der Waals surface area (Å²) in [6, 6.07) is 10.8.